The van der Waals surface area contributed by atoms with Gasteiger partial charge in [-0.3, -0.25) is 0 Å². The van der Waals surface area contributed by atoms with E-state index in [1.54, 1.807) is 6.20 Å². The van der Waals surface area contributed by atoms with Crippen molar-refractivity contribution in [1.29, 1.82) is 0 Å². The van der Waals surface area contributed by atoms with E-state index in [0.29, 0.717) is 11.8 Å². The van der Waals surface area contributed by atoms with Crippen LogP contribution in [-0.4, -0.2) is 27.0 Å². The molecule has 0 amide bonds. The van der Waals surface area contributed by atoms with Gasteiger partial charge in [-0.25, -0.2) is 9.50 Å². The van der Waals surface area contributed by atoms with E-state index >= 15 is 0 Å². The predicted molar refractivity (Wildman–Crippen MR) is 84.7 cm³/mol. The minimum absolute atomic E-state index is 0.150. The van der Waals surface area contributed by atoms with Gasteiger partial charge in [0, 0.05) is 24.8 Å². The lowest BCUT2D eigenvalue weighted by atomic mass is 9.90. The molecule has 2 aromatic rings. The number of halogens is 1. The highest BCUT2D eigenvalue weighted by atomic mass is 35.5. The van der Waals surface area contributed by atoms with Crippen LogP contribution in [-0.2, 0) is 0 Å². The van der Waals surface area contributed by atoms with Crippen LogP contribution in [0.25, 0.3) is 5.52 Å². The fourth-order valence-corrected chi connectivity index (χ4v) is 2.54. The predicted octanol–water partition coefficient (Wildman–Crippen LogP) is 3.92. The van der Waals surface area contributed by atoms with Crippen LogP contribution in [0.1, 0.15) is 45.7 Å². The van der Waals surface area contributed by atoms with E-state index in [9.17, 15) is 0 Å². The van der Waals surface area contributed by atoms with E-state index in [-0.39, 0.29) is 5.41 Å². The quantitative estimate of drug-likeness (QED) is 0.821. The molecule has 20 heavy (non-hydrogen) atoms. The lowest BCUT2D eigenvalue weighted by molar-refractivity contribution is 0.379. The molecule has 0 bridgehead atoms. The van der Waals surface area contributed by atoms with Crippen molar-refractivity contribution in [1.82, 2.24) is 14.6 Å². The maximum Gasteiger partial charge on any atom is 0.152 e. The molecule has 0 aliphatic heterocycles. The van der Waals surface area contributed by atoms with Crippen molar-refractivity contribution in [3.05, 3.63) is 24.2 Å². The number of hydrogen-bond donors (Lipinski definition) is 1. The van der Waals surface area contributed by atoms with Gasteiger partial charge in [0.15, 0.2) is 5.82 Å². The van der Waals surface area contributed by atoms with E-state index in [2.05, 4.69) is 49.2 Å². The third-order valence-corrected chi connectivity index (χ3v) is 3.69. The molecule has 0 saturated carbocycles. The number of fused-ring (bicyclic) bond motifs is 1. The lowest BCUT2D eigenvalue weighted by Crippen LogP contribution is -2.24. The summed E-state index contributed by atoms with van der Waals surface area (Å²) in [7, 11) is 0. The first kappa shape index (κ1) is 15.1. The van der Waals surface area contributed by atoms with E-state index < -0.39 is 0 Å². The van der Waals surface area contributed by atoms with Gasteiger partial charge in [0.25, 0.3) is 0 Å². The Morgan fingerprint density at radius 2 is 2.15 bits per heavy atom. The number of nitrogens with zero attached hydrogens (tertiary/aromatic N) is 3. The standard InChI is InChI=1S/C15H23ClN4/c1-11(2)12-9-13-14(17-7-8-20(13)19-12)18-10-15(3,4)5-6-16/h7-9,11H,5-6,10H2,1-4H3,(H,17,18). The molecule has 0 spiro atoms. The normalized spacial score (nSPS) is 12.3. The summed E-state index contributed by atoms with van der Waals surface area (Å²) in [6.07, 6.45) is 4.64. The zero-order valence-corrected chi connectivity index (χ0v) is 13.4. The summed E-state index contributed by atoms with van der Waals surface area (Å²) in [5, 5.41) is 8.00. The van der Waals surface area contributed by atoms with Gasteiger partial charge >= 0.3 is 0 Å². The molecule has 2 aromatic heterocycles. The first-order valence-electron chi connectivity index (χ1n) is 7.07. The molecule has 0 atom stereocenters. The Bertz CT molecular complexity index is 574. The van der Waals surface area contributed by atoms with E-state index in [4.69, 9.17) is 11.6 Å². The van der Waals surface area contributed by atoms with Crippen LogP contribution >= 0.6 is 11.6 Å². The first-order valence-corrected chi connectivity index (χ1v) is 7.60. The van der Waals surface area contributed by atoms with Crippen molar-refractivity contribution in [2.24, 2.45) is 5.41 Å². The average molecular weight is 295 g/mol. The molecule has 4 nitrogen and oxygen atoms in total. The van der Waals surface area contributed by atoms with Gasteiger partial charge < -0.3 is 5.32 Å². The Morgan fingerprint density at radius 3 is 2.80 bits per heavy atom. The van der Waals surface area contributed by atoms with Crippen LogP contribution in [0, 0.1) is 5.41 Å². The summed E-state index contributed by atoms with van der Waals surface area (Å²) in [5.74, 6) is 1.97. The Hall–Kier alpha value is -1.29. The summed E-state index contributed by atoms with van der Waals surface area (Å²) in [6.45, 7) is 9.54. The number of nitrogens with one attached hydrogen (secondary N) is 1. The third kappa shape index (κ3) is 3.42. The molecule has 0 aliphatic carbocycles. The number of aromatic nitrogens is 3. The van der Waals surface area contributed by atoms with Crippen molar-refractivity contribution in [3.63, 3.8) is 0 Å². The highest BCUT2D eigenvalue weighted by molar-refractivity contribution is 6.17. The Morgan fingerprint density at radius 1 is 1.40 bits per heavy atom. The van der Waals surface area contributed by atoms with Gasteiger partial charge in [-0.05, 0) is 23.8 Å². The minimum Gasteiger partial charge on any atom is -0.368 e. The van der Waals surface area contributed by atoms with E-state index in [0.717, 1.165) is 30.0 Å². The van der Waals surface area contributed by atoms with Crippen molar-refractivity contribution in [2.45, 2.75) is 40.0 Å². The van der Waals surface area contributed by atoms with Gasteiger partial charge in [0.05, 0.1) is 5.69 Å². The smallest absolute Gasteiger partial charge is 0.152 e. The van der Waals surface area contributed by atoms with Crippen LogP contribution in [0.3, 0.4) is 0 Å². The van der Waals surface area contributed by atoms with Gasteiger partial charge in [0.2, 0.25) is 0 Å². The Kier molecular flexibility index (Phi) is 4.53. The second kappa shape index (κ2) is 6.00. The minimum atomic E-state index is 0.150. The monoisotopic (exact) mass is 294 g/mol. The molecule has 0 saturated heterocycles. The first-order chi connectivity index (χ1) is 9.43. The highest BCUT2D eigenvalue weighted by Crippen LogP contribution is 2.24. The third-order valence-electron chi connectivity index (χ3n) is 3.51. The topological polar surface area (TPSA) is 42.2 Å². The molecular weight excluding hydrogens is 272 g/mol. The van der Waals surface area contributed by atoms with Crippen LogP contribution in [0.15, 0.2) is 18.5 Å². The molecule has 0 unspecified atom stereocenters. The van der Waals surface area contributed by atoms with Crippen LogP contribution in [0.2, 0.25) is 0 Å². The Balaban J connectivity index is 2.22. The van der Waals surface area contributed by atoms with Crippen molar-refractivity contribution >= 4 is 22.9 Å². The molecule has 2 heterocycles. The van der Waals surface area contributed by atoms with Crippen LogP contribution in [0.4, 0.5) is 5.82 Å². The van der Waals surface area contributed by atoms with Crippen molar-refractivity contribution in [3.8, 4) is 0 Å². The molecular formula is C15H23ClN4. The largest absolute Gasteiger partial charge is 0.368 e. The molecule has 0 fully saturated rings. The van der Waals surface area contributed by atoms with Crippen molar-refractivity contribution in [2.75, 3.05) is 17.7 Å². The van der Waals surface area contributed by atoms with Gasteiger partial charge in [-0.15, -0.1) is 11.6 Å². The second-order valence-electron chi connectivity index (χ2n) is 6.29. The highest BCUT2D eigenvalue weighted by Gasteiger charge is 2.18. The number of alkyl halides is 1. The molecule has 0 radical (unpaired) electrons. The molecule has 2 rings (SSSR count). The lowest BCUT2D eigenvalue weighted by Gasteiger charge is -2.24. The van der Waals surface area contributed by atoms with Crippen LogP contribution in [0.5, 0.6) is 0 Å². The average Bonchev–Trinajstić information content (AvgIpc) is 2.80. The van der Waals surface area contributed by atoms with Gasteiger partial charge in [-0.1, -0.05) is 27.7 Å². The van der Waals surface area contributed by atoms with E-state index in [1.807, 2.05) is 10.7 Å². The van der Waals surface area contributed by atoms with Crippen molar-refractivity contribution < 1.29 is 0 Å². The zero-order chi connectivity index (χ0) is 14.8. The Labute approximate surface area is 125 Å². The molecule has 0 aromatic carbocycles. The van der Waals surface area contributed by atoms with E-state index in [1.165, 1.54) is 0 Å². The summed E-state index contributed by atoms with van der Waals surface area (Å²) >= 11 is 5.84. The van der Waals surface area contributed by atoms with Gasteiger partial charge in [-0.2, -0.15) is 5.10 Å². The fraction of sp³-hybridized carbons (Fsp3) is 0.600. The summed E-state index contributed by atoms with van der Waals surface area (Å²) in [6, 6.07) is 2.11. The second-order valence-corrected chi connectivity index (χ2v) is 6.66. The maximum absolute atomic E-state index is 5.84. The zero-order valence-electron chi connectivity index (χ0n) is 12.7. The number of rotatable bonds is 6. The molecule has 110 valence electrons. The molecule has 0 aliphatic rings. The summed E-state index contributed by atoms with van der Waals surface area (Å²) < 4.78 is 1.89. The summed E-state index contributed by atoms with van der Waals surface area (Å²) in [5.41, 5.74) is 2.26. The maximum atomic E-state index is 5.84. The number of anilines is 1. The number of hydrogen-bond acceptors (Lipinski definition) is 3. The summed E-state index contributed by atoms with van der Waals surface area (Å²) in [4.78, 5) is 4.44. The van der Waals surface area contributed by atoms with Gasteiger partial charge in [0.1, 0.15) is 5.52 Å². The molecule has 1 N–H and O–H groups in total. The molecule has 5 heteroatoms. The van der Waals surface area contributed by atoms with Crippen LogP contribution < -0.4 is 5.32 Å². The SMILES string of the molecule is CC(C)c1cc2c(NCC(C)(C)CCCl)nccn2n1. The fourth-order valence-electron chi connectivity index (χ4n) is 2.03.